The third-order valence-electron chi connectivity index (χ3n) is 3.47. The molecule has 5 heteroatoms. The lowest BCUT2D eigenvalue weighted by Crippen LogP contribution is -2.18. The van der Waals surface area contributed by atoms with Crippen molar-refractivity contribution in [1.29, 1.82) is 0 Å². The van der Waals surface area contributed by atoms with E-state index in [1.54, 1.807) is 0 Å². The number of aryl methyl sites for hydroxylation is 1. The van der Waals surface area contributed by atoms with Crippen LogP contribution in [0.1, 0.15) is 30.3 Å². The second kappa shape index (κ2) is 5.10. The summed E-state index contributed by atoms with van der Waals surface area (Å²) in [6.07, 6.45) is 4.34. The molecule has 0 radical (unpaired) electrons. The summed E-state index contributed by atoms with van der Waals surface area (Å²) < 4.78 is 2.27. The van der Waals surface area contributed by atoms with Gasteiger partial charge in [-0.15, -0.1) is 11.6 Å². The highest BCUT2D eigenvalue weighted by atomic mass is 35.5. The molecule has 18 heavy (non-hydrogen) atoms. The van der Waals surface area contributed by atoms with Gasteiger partial charge in [-0.2, -0.15) is 11.8 Å². The van der Waals surface area contributed by atoms with E-state index in [0.29, 0.717) is 11.9 Å². The van der Waals surface area contributed by atoms with Crippen molar-refractivity contribution in [3.05, 3.63) is 23.7 Å². The lowest BCUT2D eigenvalue weighted by molar-refractivity contribution is 0.497. The summed E-state index contributed by atoms with van der Waals surface area (Å²) in [5.74, 6) is 3.83. The van der Waals surface area contributed by atoms with Crippen LogP contribution in [0.25, 0.3) is 11.2 Å². The monoisotopic (exact) mass is 281 g/mol. The average molecular weight is 282 g/mol. The Morgan fingerprint density at radius 1 is 1.56 bits per heavy atom. The molecule has 1 fully saturated rings. The van der Waals surface area contributed by atoms with Gasteiger partial charge in [0.15, 0.2) is 5.65 Å². The minimum atomic E-state index is 0.455. The Hall–Kier alpha value is -0.740. The summed E-state index contributed by atoms with van der Waals surface area (Å²) in [5.41, 5.74) is 3.18. The smallest absolute Gasteiger partial charge is 0.160 e. The van der Waals surface area contributed by atoms with E-state index in [1.807, 2.05) is 24.0 Å². The lowest BCUT2D eigenvalue weighted by atomic mass is 10.2. The van der Waals surface area contributed by atoms with Crippen molar-refractivity contribution in [1.82, 2.24) is 14.5 Å². The molecule has 1 unspecified atom stereocenters. The van der Waals surface area contributed by atoms with Gasteiger partial charge in [-0.3, -0.25) is 0 Å². The molecule has 0 aliphatic carbocycles. The molecule has 0 aromatic carbocycles. The number of pyridine rings is 1. The van der Waals surface area contributed by atoms with Gasteiger partial charge in [0.1, 0.15) is 11.3 Å². The molecule has 2 aromatic heterocycles. The van der Waals surface area contributed by atoms with E-state index in [1.165, 1.54) is 24.2 Å². The molecule has 96 valence electrons. The van der Waals surface area contributed by atoms with E-state index >= 15 is 0 Å². The van der Waals surface area contributed by atoms with Crippen LogP contribution in [0.4, 0.5) is 0 Å². The predicted molar refractivity (Wildman–Crippen MR) is 77.4 cm³/mol. The second-order valence-electron chi connectivity index (χ2n) is 4.70. The molecule has 0 saturated carbocycles. The Bertz CT molecular complexity index is 561. The molecule has 0 bridgehead atoms. The minimum absolute atomic E-state index is 0.455. The highest BCUT2D eigenvalue weighted by molar-refractivity contribution is 7.99. The van der Waals surface area contributed by atoms with Crippen molar-refractivity contribution in [2.24, 2.45) is 0 Å². The highest BCUT2D eigenvalue weighted by Crippen LogP contribution is 2.31. The maximum atomic E-state index is 6.06. The number of hydrogen-bond donors (Lipinski definition) is 0. The van der Waals surface area contributed by atoms with E-state index in [4.69, 9.17) is 11.6 Å². The fraction of sp³-hybridized carbons (Fsp3) is 0.538. The number of halogens is 1. The molecular formula is C13H16ClN3S. The molecule has 3 rings (SSSR count). The Morgan fingerprint density at radius 2 is 2.44 bits per heavy atom. The van der Waals surface area contributed by atoms with Crippen LogP contribution in [-0.2, 0) is 5.88 Å². The summed E-state index contributed by atoms with van der Waals surface area (Å²) >= 11 is 8.07. The van der Waals surface area contributed by atoms with Crippen LogP contribution in [0.3, 0.4) is 0 Å². The van der Waals surface area contributed by atoms with Gasteiger partial charge < -0.3 is 4.57 Å². The molecule has 0 amide bonds. The third-order valence-corrected chi connectivity index (χ3v) is 4.91. The van der Waals surface area contributed by atoms with Crippen molar-refractivity contribution < 1.29 is 0 Å². The molecule has 0 spiro atoms. The summed E-state index contributed by atoms with van der Waals surface area (Å²) in [6, 6.07) is 2.50. The van der Waals surface area contributed by atoms with Crippen molar-refractivity contribution in [3.63, 3.8) is 0 Å². The topological polar surface area (TPSA) is 30.7 Å². The van der Waals surface area contributed by atoms with Crippen LogP contribution in [-0.4, -0.2) is 26.0 Å². The van der Waals surface area contributed by atoms with Gasteiger partial charge in [0, 0.05) is 18.0 Å². The van der Waals surface area contributed by atoms with Gasteiger partial charge in [0.05, 0.1) is 5.88 Å². The first-order valence-corrected chi connectivity index (χ1v) is 7.96. The van der Waals surface area contributed by atoms with Gasteiger partial charge in [0.25, 0.3) is 0 Å². The maximum absolute atomic E-state index is 6.06. The zero-order valence-corrected chi connectivity index (χ0v) is 12.0. The molecular weight excluding hydrogens is 266 g/mol. The number of thioether (sulfide) groups is 1. The summed E-state index contributed by atoms with van der Waals surface area (Å²) in [5, 5.41) is 0. The average Bonchev–Trinajstić information content (AvgIpc) is 2.80. The molecule has 1 aliphatic heterocycles. The summed E-state index contributed by atoms with van der Waals surface area (Å²) in [7, 11) is 0. The summed E-state index contributed by atoms with van der Waals surface area (Å²) in [4.78, 5) is 9.18. The normalized spacial score (nSPS) is 20.4. The number of hydrogen-bond acceptors (Lipinski definition) is 3. The van der Waals surface area contributed by atoms with E-state index in [0.717, 1.165) is 22.7 Å². The highest BCUT2D eigenvalue weighted by Gasteiger charge is 2.22. The van der Waals surface area contributed by atoms with Gasteiger partial charge in [0.2, 0.25) is 0 Å². The lowest BCUT2D eigenvalue weighted by Gasteiger charge is -2.24. The third kappa shape index (κ3) is 2.01. The molecule has 1 atom stereocenters. The van der Waals surface area contributed by atoms with Crippen LogP contribution in [0.2, 0.25) is 0 Å². The minimum Gasteiger partial charge on any atom is -0.308 e. The fourth-order valence-electron chi connectivity index (χ4n) is 2.56. The van der Waals surface area contributed by atoms with Gasteiger partial charge in [-0.25, -0.2) is 9.97 Å². The zero-order chi connectivity index (χ0) is 12.5. The molecule has 3 nitrogen and oxygen atoms in total. The van der Waals surface area contributed by atoms with Crippen LogP contribution < -0.4 is 0 Å². The van der Waals surface area contributed by atoms with Gasteiger partial charge in [-0.05, 0) is 37.1 Å². The first-order chi connectivity index (χ1) is 8.81. The van der Waals surface area contributed by atoms with Crippen LogP contribution in [0.15, 0.2) is 12.3 Å². The zero-order valence-electron chi connectivity index (χ0n) is 10.4. The molecule has 1 saturated heterocycles. The van der Waals surface area contributed by atoms with E-state index in [9.17, 15) is 0 Å². The first kappa shape index (κ1) is 12.3. The van der Waals surface area contributed by atoms with Crippen molar-refractivity contribution in [2.45, 2.75) is 31.7 Å². The summed E-state index contributed by atoms with van der Waals surface area (Å²) in [6.45, 7) is 2.08. The Balaban J connectivity index is 2.16. The van der Waals surface area contributed by atoms with Crippen LogP contribution >= 0.6 is 23.4 Å². The number of nitrogens with zero attached hydrogens (tertiary/aromatic N) is 3. The van der Waals surface area contributed by atoms with Crippen LogP contribution in [0.5, 0.6) is 0 Å². The molecule has 1 aliphatic rings. The van der Waals surface area contributed by atoms with Crippen molar-refractivity contribution in [2.75, 3.05) is 11.5 Å². The second-order valence-corrected chi connectivity index (χ2v) is 6.12. The largest absolute Gasteiger partial charge is 0.308 e. The SMILES string of the molecule is Cc1ccnc2c1nc(CCl)n2C1CCCSC1. The van der Waals surface area contributed by atoms with E-state index in [-0.39, 0.29) is 0 Å². The fourth-order valence-corrected chi connectivity index (χ4v) is 3.87. The molecule has 2 aromatic rings. The number of imidazole rings is 1. The predicted octanol–water partition coefficient (Wildman–Crippen LogP) is 3.55. The van der Waals surface area contributed by atoms with Gasteiger partial charge >= 0.3 is 0 Å². The molecule has 3 heterocycles. The number of aromatic nitrogens is 3. The number of alkyl halides is 1. The quantitative estimate of drug-likeness (QED) is 0.789. The van der Waals surface area contributed by atoms with Crippen molar-refractivity contribution >= 4 is 34.5 Å². The standard InChI is InChI=1S/C13H16ClN3S/c1-9-4-5-15-13-12(9)16-11(7-14)17(13)10-3-2-6-18-8-10/h4-5,10H,2-3,6-8H2,1H3. The Kier molecular flexibility index (Phi) is 3.48. The van der Waals surface area contributed by atoms with E-state index in [2.05, 4.69) is 21.5 Å². The van der Waals surface area contributed by atoms with Crippen LogP contribution in [0, 0.1) is 6.92 Å². The van der Waals surface area contributed by atoms with Crippen molar-refractivity contribution in [3.8, 4) is 0 Å². The number of fused-ring (bicyclic) bond motifs is 1. The Labute approximate surface area is 116 Å². The van der Waals surface area contributed by atoms with E-state index < -0.39 is 0 Å². The molecule has 0 N–H and O–H groups in total. The maximum Gasteiger partial charge on any atom is 0.160 e. The van der Waals surface area contributed by atoms with Gasteiger partial charge in [-0.1, -0.05) is 0 Å². The first-order valence-electron chi connectivity index (χ1n) is 6.27. The number of rotatable bonds is 2. The Morgan fingerprint density at radius 3 is 3.17 bits per heavy atom.